The highest BCUT2D eigenvalue weighted by molar-refractivity contribution is 6.05. The van der Waals surface area contributed by atoms with Crippen LogP contribution < -0.4 is 5.32 Å². The lowest BCUT2D eigenvalue weighted by Gasteiger charge is -2.08. The van der Waals surface area contributed by atoms with Crippen molar-refractivity contribution in [3.05, 3.63) is 69.3 Å². The van der Waals surface area contributed by atoms with E-state index < -0.39 is 33.8 Å². The second-order valence-corrected chi connectivity index (χ2v) is 4.33. The van der Waals surface area contributed by atoms with Crippen molar-refractivity contribution in [2.45, 2.75) is 6.92 Å². The van der Waals surface area contributed by atoms with Crippen molar-refractivity contribution in [1.29, 1.82) is 0 Å². The largest absolute Gasteiger partial charge is 0.314 e. The number of nitrogens with one attached hydrogen (secondary N) is 1. The van der Waals surface area contributed by atoms with Gasteiger partial charge in [-0.15, -0.1) is 0 Å². The van der Waals surface area contributed by atoms with Gasteiger partial charge in [0.05, 0.1) is 10.5 Å². The van der Waals surface area contributed by atoms with Crippen LogP contribution >= 0.6 is 0 Å². The van der Waals surface area contributed by atoms with E-state index in [1.165, 1.54) is 12.1 Å². The molecule has 1 amide bonds. The Hall–Kier alpha value is -2.83. The highest BCUT2D eigenvalue weighted by Crippen LogP contribution is 2.27. The Morgan fingerprint density at radius 1 is 1.19 bits per heavy atom. The second-order valence-electron chi connectivity index (χ2n) is 4.33. The van der Waals surface area contributed by atoms with Gasteiger partial charge in [0.2, 0.25) is 0 Å². The quantitative estimate of drug-likeness (QED) is 0.695. The molecule has 5 nitrogen and oxygen atoms in total. The molecule has 2 aromatic carbocycles. The number of nitro groups is 1. The van der Waals surface area contributed by atoms with Crippen molar-refractivity contribution in [3.63, 3.8) is 0 Å². The zero-order chi connectivity index (χ0) is 15.6. The van der Waals surface area contributed by atoms with Crippen molar-refractivity contribution in [1.82, 2.24) is 0 Å². The third kappa shape index (κ3) is 3.02. The van der Waals surface area contributed by atoms with Gasteiger partial charge >= 0.3 is 0 Å². The van der Waals surface area contributed by atoms with Crippen molar-refractivity contribution in [2.75, 3.05) is 5.32 Å². The zero-order valence-corrected chi connectivity index (χ0v) is 10.9. The monoisotopic (exact) mass is 292 g/mol. The Morgan fingerprint density at radius 3 is 2.57 bits per heavy atom. The van der Waals surface area contributed by atoms with E-state index >= 15 is 0 Å². The van der Waals surface area contributed by atoms with Gasteiger partial charge < -0.3 is 5.32 Å². The maximum absolute atomic E-state index is 13.7. The molecule has 2 aromatic rings. The van der Waals surface area contributed by atoms with Crippen LogP contribution in [0.15, 0.2) is 36.4 Å². The number of nitrogens with zero attached hydrogens (tertiary/aromatic N) is 1. The number of amides is 1. The highest BCUT2D eigenvalue weighted by atomic mass is 19.1. The standard InChI is InChI=1S/C14H10F2N2O3/c1-8-5-6-10(15)9(7-8)14(19)17-13-11(16)3-2-4-12(13)18(20)21/h2-7H,1H3,(H,17,19). The Morgan fingerprint density at radius 2 is 1.90 bits per heavy atom. The van der Waals surface area contributed by atoms with Crippen LogP contribution in [-0.2, 0) is 0 Å². The molecule has 0 fully saturated rings. The first-order valence-electron chi connectivity index (χ1n) is 5.90. The van der Waals surface area contributed by atoms with Gasteiger partial charge in [0.25, 0.3) is 11.6 Å². The van der Waals surface area contributed by atoms with E-state index in [1.54, 1.807) is 6.92 Å². The van der Waals surface area contributed by atoms with E-state index in [4.69, 9.17) is 0 Å². The lowest BCUT2D eigenvalue weighted by Crippen LogP contribution is -2.16. The average molecular weight is 292 g/mol. The molecular weight excluding hydrogens is 282 g/mol. The second kappa shape index (κ2) is 5.66. The maximum Gasteiger partial charge on any atom is 0.295 e. The third-order valence-electron chi connectivity index (χ3n) is 2.79. The highest BCUT2D eigenvalue weighted by Gasteiger charge is 2.21. The molecule has 0 atom stereocenters. The van der Waals surface area contributed by atoms with E-state index in [0.717, 1.165) is 24.3 Å². The molecule has 0 saturated heterocycles. The van der Waals surface area contributed by atoms with Gasteiger partial charge in [-0.3, -0.25) is 14.9 Å². The van der Waals surface area contributed by atoms with E-state index in [9.17, 15) is 23.7 Å². The number of hydrogen-bond donors (Lipinski definition) is 1. The first-order chi connectivity index (χ1) is 9.90. The van der Waals surface area contributed by atoms with E-state index in [2.05, 4.69) is 0 Å². The minimum atomic E-state index is -0.967. The lowest BCUT2D eigenvalue weighted by atomic mass is 10.1. The number of nitro benzene ring substituents is 1. The van der Waals surface area contributed by atoms with Crippen LogP contribution in [0.4, 0.5) is 20.2 Å². The summed E-state index contributed by atoms with van der Waals surface area (Å²) in [5.74, 6) is -2.72. The number of benzene rings is 2. The summed E-state index contributed by atoms with van der Waals surface area (Å²) in [7, 11) is 0. The molecular formula is C14H10F2N2O3. The van der Waals surface area contributed by atoms with E-state index in [0.29, 0.717) is 5.56 Å². The molecule has 0 bridgehead atoms. The van der Waals surface area contributed by atoms with E-state index in [-0.39, 0.29) is 5.56 Å². The number of anilines is 1. The van der Waals surface area contributed by atoms with Gasteiger partial charge in [-0.25, -0.2) is 8.78 Å². The predicted molar refractivity (Wildman–Crippen MR) is 72.1 cm³/mol. The van der Waals surface area contributed by atoms with Crippen molar-refractivity contribution in [3.8, 4) is 0 Å². The summed E-state index contributed by atoms with van der Waals surface area (Å²) in [6.07, 6.45) is 0. The molecule has 0 aliphatic rings. The molecule has 0 radical (unpaired) electrons. The molecule has 0 unspecified atom stereocenters. The van der Waals surface area contributed by atoms with Crippen LogP contribution in [0.25, 0.3) is 0 Å². The summed E-state index contributed by atoms with van der Waals surface area (Å²) in [6, 6.07) is 7.01. The molecule has 0 spiro atoms. The summed E-state index contributed by atoms with van der Waals surface area (Å²) >= 11 is 0. The van der Waals surface area contributed by atoms with Gasteiger partial charge in [-0.1, -0.05) is 17.7 Å². The van der Waals surface area contributed by atoms with Crippen LogP contribution in [0, 0.1) is 28.7 Å². The molecule has 1 N–H and O–H groups in total. The number of halogens is 2. The van der Waals surface area contributed by atoms with Gasteiger partial charge in [-0.2, -0.15) is 0 Å². The minimum Gasteiger partial charge on any atom is -0.314 e. The predicted octanol–water partition coefficient (Wildman–Crippen LogP) is 3.43. The summed E-state index contributed by atoms with van der Waals surface area (Å²) in [6.45, 7) is 1.65. The van der Waals surface area contributed by atoms with Crippen LogP contribution in [0.1, 0.15) is 15.9 Å². The molecule has 0 aliphatic heterocycles. The van der Waals surface area contributed by atoms with Crippen LogP contribution in [-0.4, -0.2) is 10.8 Å². The first kappa shape index (κ1) is 14.6. The number of aryl methyl sites for hydroxylation is 1. The summed E-state index contributed by atoms with van der Waals surface area (Å²) in [5.41, 5.74) is -0.873. The fourth-order valence-electron chi connectivity index (χ4n) is 1.78. The normalized spacial score (nSPS) is 10.2. The fraction of sp³-hybridized carbons (Fsp3) is 0.0714. The Kier molecular flexibility index (Phi) is 3.93. The van der Waals surface area contributed by atoms with Gasteiger partial charge in [0, 0.05) is 6.07 Å². The molecule has 0 heterocycles. The molecule has 0 saturated carbocycles. The van der Waals surface area contributed by atoms with Crippen LogP contribution in [0.3, 0.4) is 0 Å². The molecule has 21 heavy (non-hydrogen) atoms. The van der Waals surface area contributed by atoms with Gasteiger partial charge in [-0.05, 0) is 25.1 Å². The van der Waals surface area contributed by atoms with Crippen molar-refractivity contribution < 1.29 is 18.5 Å². The topological polar surface area (TPSA) is 72.2 Å². The summed E-state index contributed by atoms with van der Waals surface area (Å²) < 4.78 is 27.2. The van der Waals surface area contributed by atoms with Crippen LogP contribution in [0.5, 0.6) is 0 Å². The summed E-state index contributed by atoms with van der Waals surface area (Å²) in [4.78, 5) is 22.0. The SMILES string of the molecule is Cc1ccc(F)c(C(=O)Nc2c(F)cccc2[N+](=O)[O-])c1. The Bertz CT molecular complexity index is 732. The fourth-order valence-corrected chi connectivity index (χ4v) is 1.78. The van der Waals surface area contributed by atoms with Crippen molar-refractivity contribution in [2.24, 2.45) is 0 Å². The maximum atomic E-state index is 13.7. The van der Waals surface area contributed by atoms with Gasteiger partial charge in [0.15, 0.2) is 11.5 Å². The van der Waals surface area contributed by atoms with Crippen LogP contribution in [0.2, 0.25) is 0 Å². The number of rotatable bonds is 3. The Labute approximate surface area is 118 Å². The molecule has 0 aromatic heterocycles. The number of para-hydroxylation sites is 1. The third-order valence-corrected chi connectivity index (χ3v) is 2.79. The molecule has 108 valence electrons. The summed E-state index contributed by atoms with van der Waals surface area (Å²) in [5, 5.41) is 12.9. The molecule has 7 heteroatoms. The molecule has 2 rings (SSSR count). The average Bonchev–Trinajstić information content (AvgIpc) is 2.43. The first-order valence-corrected chi connectivity index (χ1v) is 5.90. The number of carbonyl (C=O) groups is 1. The molecule has 0 aliphatic carbocycles. The van der Waals surface area contributed by atoms with Gasteiger partial charge in [0.1, 0.15) is 5.82 Å². The number of carbonyl (C=O) groups excluding carboxylic acids is 1. The zero-order valence-electron chi connectivity index (χ0n) is 10.9. The minimum absolute atomic E-state index is 0.312. The Balaban J connectivity index is 2.41. The van der Waals surface area contributed by atoms with Crippen molar-refractivity contribution >= 4 is 17.3 Å². The smallest absolute Gasteiger partial charge is 0.295 e. The number of hydrogen-bond acceptors (Lipinski definition) is 3. The lowest BCUT2D eigenvalue weighted by molar-refractivity contribution is -0.384. The van der Waals surface area contributed by atoms with E-state index in [1.807, 2.05) is 5.32 Å².